The maximum atomic E-state index is 12.7. The third-order valence-electron chi connectivity index (χ3n) is 5.90. The number of allylic oxidation sites excluding steroid dienone is 2. The van der Waals surface area contributed by atoms with Gasteiger partial charge in [-0.05, 0) is 24.3 Å². The predicted molar refractivity (Wildman–Crippen MR) is 119 cm³/mol. The lowest BCUT2D eigenvalue weighted by Crippen LogP contribution is -2.43. The minimum absolute atomic E-state index is 0. The number of fused-ring (bicyclic) bond motifs is 5. The molecule has 0 aromatic carbocycles. The van der Waals surface area contributed by atoms with Crippen LogP contribution in [0.3, 0.4) is 0 Å². The van der Waals surface area contributed by atoms with Crippen molar-refractivity contribution in [2.75, 3.05) is 27.2 Å². The van der Waals surface area contributed by atoms with E-state index in [1.807, 2.05) is 12.1 Å². The van der Waals surface area contributed by atoms with Gasteiger partial charge in [0.2, 0.25) is 17.7 Å². The predicted octanol–water partition coefficient (Wildman–Crippen LogP) is 1.18. The fraction of sp³-hybridized carbons (Fsp3) is 0.500. The maximum Gasteiger partial charge on any atom is 0.233 e. The second-order valence-corrected chi connectivity index (χ2v) is 7.35. The fourth-order valence-electron chi connectivity index (χ4n) is 4.61. The molecule has 4 unspecified atom stereocenters. The van der Waals surface area contributed by atoms with Crippen molar-refractivity contribution in [3.63, 3.8) is 0 Å². The van der Waals surface area contributed by atoms with Gasteiger partial charge in [-0.25, -0.2) is 4.98 Å². The van der Waals surface area contributed by atoms with Crippen molar-refractivity contribution in [2.24, 2.45) is 28.7 Å². The number of aromatic nitrogens is 1. The Balaban J connectivity index is 0.00000240. The number of halogens is 1. The number of pyridine rings is 1. The van der Waals surface area contributed by atoms with Crippen molar-refractivity contribution >= 4 is 41.8 Å². The Hall–Kier alpha value is -2.17. The quantitative estimate of drug-likeness (QED) is 0.196. The molecule has 1 aromatic heterocycles. The van der Waals surface area contributed by atoms with E-state index in [0.717, 1.165) is 12.0 Å². The molecule has 9 heteroatoms. The highest BCUT2D eigenvalue weighted by atomic mass is 127. The number of guanidine groups is 1. The number of ether oxygens (including phenoxy) is 1. The number of rotatable bonds is 6. The van der Waals surface area contributed by atoms with Gasteiger partial charge in [0, 0.05) is 38.4 Å². The third kappa shape index (κ3) is 3.96. The standard InChI is InChI=1S/C20H25N5O3.HI/c1-21-20(24-11-14-4-3-7-22-17(14)28-2)23-8-9-25-18(26)15-12-5-6-13(10-12)16(15)19(25)27;/h3-7,12-13,15-16H,8-11H2,1-2H3,(H2,21,23,24);1H. The van der Waals surface area contributed by atoms with Crippen molar-refractivity contribution in [3.05, 3.63) is 36.0 Å². The molecule has 0 radical (unpaired) electrons. The molecule has 29 heavy (non-hydrogen) atoms. The van der Waals surface area contributed by atoms with Crippen LogP contribution in [0.25, 0.3) is 0 Å². The first-order chi connectivity index (χ1) is 13.6. The molecule has 2 N–H and O–H groups in total. The molecule has 2 fully saturated rings. The van der Waals surface area contributed by atoms with Crippen LogP contribution in [0.4, 0.5) is 0 Å². The lowest BCUT2D eigenvalue weighted by atomic mass is 9.85. The van der Waals surface area contributed by atoms with Crippen LogP contribution in [-0.2, 0) is 16.1 Å². The van der Waals surface area contributed by atoms with Crippen molar-refractivity contribution in [2.45, 2.75) is 13.0 Å². The Kier molecular flexibility index (Phi) is 6.76. The Bertz CT molecular complexity index is 813. The monoisotopic (exact) mass is 511 g/mol. The number of hydrogen-bond acceptors (Lipinski definition) is 5. The van der Waals surface area contributed by atoms with Gasteiger partial charge in [0.15, 0.2) is 5.96 Å². The average molecular weight is 511 g/mol. The minimum atomic E-state index is -0.141. The number of imide groups is 1. The second-order valence-electron chi connectivity index (χ2n) is 7.35. The summed E-state index contributed by atoms with van der Waals surface area (Å²) in [4.78, 5) is 35.2. The van der Waals surface area contributed by atoms with Gasteiger partial charge in [-0.2, -0.15) is 0 Å². The summed E-state index contributed by atoms with van der Waals surface area (Å²) in [5, 5.41) is 6.36. The fourth-order valence-corrected chi connectivity index (χ4v) is 4.61. The van der Waals surface area contributed by atoms with Gasteiger partial charge in [-0.1, -0.05) is 18.2 Å². The summed E-state index contributed by atoms with van der Waals surface area (Å²) in [5.74, 6) is 1.33. The summed E-state index contributed by atoms with van der Waals surface area (Å²) in [5.41, 5.74) is 0.911. The van der Waals surface area contributed by atoms with Crippen LogP contribution in [0.1, 0.15) is 12.0 Å². The SMILES string of the molecule is CN=C(NCCN1C(=O)C2C3C=CC(C3)C2C1=O)NCc1cccnc1OC.I. The molecule has 0 spiro atoms. The van der Waals surface area contributed by atoms with E-state index >= 15 is 0 Å². The highest BCUT2D eigenvalue weighted by Crippen LogP contribution is 2.52. The first-order valence-corrected chi connectivity index (χ1v) is 9.60. The van der Waals surface area contributed by atoms with Gasteiger partial charge in [0.25, 0.3) is 0 Å². The molecular formula is C20H26IN5O3. The number of nitrogens with one attached hydrogen (secondary N) is 2. The largest absolute Gasteiger partial charge is 0.481 e. The first kappa shape index (κ1) is 21.5. The van der Waals surface area contributed by atoms with Crippen molar-refractivity contribution in [1.29, 1.82) is 0 Å². The van der Waals surface area contributed by atoms with Crippen LogP contribution >= 0.6 is 24.0 Å². The zero-order chi connectivity index (χ0) is 19.7. The van der Waals surface area contributed by atoms with E-state index in [0.29, 0.717) is 31.5 Å². The summed E-state index contributed by atoms with van der Waals surface area (Å²) >= 11 is 0. The molecule has 1 aliphatic heterocycles. The van der Waals surface area contributed by atoms with Crippen molar-refractivity contribution in [3.8, 4) is 5.88 Å². The zero-order valence-electron chi connectivity index (χ0n) is 16.5. The average Bonchev–Trinajstić information content (AvgIpc) is 3.40. The van der Waals surface area contributed by atoms with Gasteiger partial charge < -0.3 is 15.4 Å². The Morgan fingerprint density at radius 1 is 1.24 bits per heavy atom. The van der Waals surface area contributed by atoms with Crippen LogP contribution in [0, 0.1) is 23.7 Å². The lowest BCUT2D eigenvalue weighted by Gasteiger charge is -2.18. The summed E-state index contributed by atoms with van der Waals surface area (Å²) in [6, 6.07) is 3.77. The smallest absolute Gasteiger partial charge is 0.233 e. The van der Waals surface area contributed by atoms with Crippen molar-refractivity contribution in [1.82, 2.24) is 20.5 Å². The maximum absolute atomic E-state index is 12.7. The Morgan fingerprint density at radius 2 is 1.93 bits per heavy atom. The van der Waals surface area contributed by atoms with Crippen LogP contribution in [0.5, 0.6) is 5.88 Å². The number of hydrogen-bond donors (Lipinski definition) is 2. The number of carbonyl (C=O) groups excluding carboxylic acids is 2. The Morgan fingerprint density at radius 3 is 2.55 bits per heavy atom. The van der Waals surface area contributed by atoms with Crippen LogP contribution in [0.15, 0.2) is 35.5 Å². The van der Waals surface area contributed by atoms with E-state index in [1.54, 1.807) is 20.4 Å². The highest BCUT2D eigenvalue weighted by molar-refractivity contribution is 14.0. The van der Waals surface area contributed by atoms with E-state index in [9.17, 15) is 9.59 Å². The summed E-state index contributed by atoms with van der Waals surface area (Å²) in [6.45, 7) is 1.29. The lowest BCUT2D eigenvalue weighted by molar-refractivity contribution is -0.140. The van der Waals surface area contributed by atoms with Crippen molar-refractivity contribution < 1.29 is 14.3 Å². The zero-order valence-corrected chi connectivity index (χ0v) is 18.8. The highest BCUT2D eigenvalue weighted by Gasteiger charge is 2.58. The number of aliphatic imine (C=N–C) groups is 1. The number of carbonyl (C=O) groups is 2. The van der Waals surface area contributed by atoms with Gasteiger partial charge in [-0.15, -0.1) is 24.0 Å². The van der Waals surface area contributed by atoms with E-state index in [4.69, 9.17) is 4.74 Å². The van der Waals surface area contributed by atoms with Crippen LogP contribution in [-0.4, -0.2) is 54.9 Å². The molecule has 3 aliphatic rings. The van der Waals surface area contributed by atoms with E-state index < -0.39 is 0 Å². The topological polar surface area (TPSA) is 95.9 Å². The molecule has 156 valence electrons. The van der Waals surface area contributed by atoms with Gasteiger partial charge in [-0.3, -0.25) is 19.5 Å². The van der Waals surface area contributed by atoms with E-state index in [2.05, 4.69) is 32.8 Å². The van der Waals surface area contributed by atoms with E-state index in [-0.39, 0.29) is 59.5 Å². The molecule has 2 heterocycles. The van der Waals surface area contributed by atoms with Gasteiger partial charge in [0.05, 0.1) is 18.9 Å². The summed E-state index contributed by atoms with van der Waals surface area (Å²) in [6.07, 6.45) is 6.85. The first-order valence-electron chi connectivity index (χ1n) is 9.60. The van der Waals surface area contributed by atoms with Crippen LogP contribution in [0.2, 0.25) is 0 Å². The summed E-state index contributed by atoms with van der Waals surface area (Å²) < 4.78 is 5.24. The second kappa shape index (κ2) is 9.10. The number of methoxy groups -OCH3 is 1. The molecule has 2 bridgehead atoms. The molecule has 2 amide bonds. The molecule has 4 atom stereocenters. The van der Waals surface area contributed by atoms with Gasteiger partial charge >= 0.3 is 0 Å². The Labute approximate surface area is 187 Å². The minimum Gasteiger partial charge on any atom is -0.481 e. The molecule has 1 saturated heterocycles. The molecule has 8 nitrogen and oxygen atoms in total. The van der Waals surface area contributed by atoms with Crippen LogP contribution < -0.4 is 15.4 Å². The number of likely N-dealkylation sites (tertiary alicyclic amines) is 1. The molecule has 1 aromatic rings. The number of amides is 2. The molecular weight excluding hydrogens is 485 g/mol. The van der Waals surface area contributed by atoms with E-state index in [1.165, 1.54) is 4.90 Å². The molecule has 2 aliphatic carbocycles. The number of nitrogens with zero attached hydrogens (tertiary/aromatic N) is 3. The molecule has 4 rings (SSSR count). The molecule has 1 saturated carbocycles. The normalized spacial score (nSPS) is 27.1. The third-order valence-corrected chi connectivity index (χ3v) is 5.90. The van der Waals surface area contributed by atoms with Gasteiger partial charge in [0.1, 0.15) is 0 Å². The summed E-state index contributed by atoms with van der Waals surface area (Å²) in [7, 11) is 3.26.